The number of aromatic amines is 1. The number of fused-ring (bicyclic) bond motifs is 1. The predicted octanol–water partition coefficient (Wildman–Crippen LogP) is 4.83. The number of hydrogen-bond donors (Lipinski definition) is 3. The molecule has 178 valence electrons. The van der Waals surface area contributed by atoms with Crippen molar-refractivity contribution in [1.29, 1.82) is 0 Å². The van der Waals surface area contributed by atoms with Gasteiger partial charge < -0.3 is 15.6 Å². The van der Waals surface area contributed by atoms with E-state index in [1.807, 2.05) is 6.07 Å². The van der Waals surface area contributed by atoms with Gasteiger partial charge >= 0.3 is 0 Å². The molecule has 0 saturated carbocycles. The molecule has 1 aliphatic rings. The number of para-hydroxylation sites is 1. The monoisotopic (exact) mass is 567 g/mol. The molecule has 0 unspecified atom stereocenters. The SMILES string of the molecule is CN=C(NCCCc1c[nH]c2ccccc12)NC1CCN(Cc2ccc(F)c(F)c2)CC1.I. The first-order chi connectivity index (χ1) is 15.6. The van der Waals surface area contributed by atoms with Crippen molar-refractivity contribution in [2.75, 3.05) is 26.7 Å². The Morgan fingerprint density at radius 1 is 1.12 bits per heavy atom. The molecule has 2 aromatic carbocycles. The molecule has 1 saturated heterocycles. The number of benzene rings is 2. The normalized spacial score (nSPS) is 15.4. The fraction of sp³-hybridized carbons (Fsp3) is 0.400. The largest absolute Gasteiger partial charge is 0.361 e. The average Bonchev–Trinajstić information content (AvgIpc) is 3.22. The van der Waals surface area contributed by atoms with Crippen LogP contribution < -0.4 is 10.6 Å². The number of halogens is 3. The maximum atomic E-state index is 13.4. The van der Waals surface area contributed by atoms with Crippen molar-refractivity contribution in [3.05, 3.63) is 71.4 Å². The number of nitrogens with one attached hydrogen (secondary N) is 3. The van der Waals surface area contributed by atoms with Gasteiger partial charge in [-0.1, -0.05) is 24.3 Å². The summed E-state index contributed by atoms with van der Waals surface area (Å²) in [6.07, 6.45) is 6.11. The summed E-state index contributed by atoms with van der Waals surface area (Å²) in [7, 11) is 1.80. The third-order valence-corrected chi connectivity index (χ3v) is 6.13. The summed E-state index contributed by atoms with van der Waals surface area (Å²) < 4.78 is 26.5. The van der Waals surface area contributed by atoms with Crippen LogP contribution in [0.15, 0.2) is 53.7 Å². The summed E-state index contributed by atoms with van der Waals surface area (Å²) in [6.45, 7) is 3.32. The summed E-state index contributed by atoms with van der Waals surface area (Å²) in [4.78, 5) is 9.98. The minimum absolute atomic E-state index is 0. The third kappa shape index (κ3) is 6.89. The number of H-pyrrole nitrogens is 1. The van der Waals surface area contributed by atoms with Crippen LogP contribution in [0, 0.1) is 11.6 Å². The molecule has 0 amide bonds. The smallest absolute Gasteiger partial charge is 0.191 e. The number of aliphatic imine (C=N–C) groups is 1. The van der Waals surface area contributed by atoms with Crippen molar-refractivity contribution in [2.24, 2.45) is 4.99 Å². The van der Waals surface area contributed by atoms with E-state index in [9.17, 15) is 8.78 Å². The molecule has 4 rings (SSSR count). The Bertz CT molecular complexity index is 1060. The van der Waals surface area contributed by atoms with Crippen LogP contribution in [0.4, 0.5) is 8.78 Å². The highest BCUT2D eigenvalue weighted by molar-refractivity contribution is 14.0. The van der Waals surface area contributed by atoms with Gasteiger partial charge in [0.25, 0.3) is 0 Å². The number of hydrogen-bond acceptors (Lipinski definition) is 2. The lowest BCUT2D eigenvalue weighted by Gasteiger charge is -2.33. The quantitative estimate of drug-likeness (QED) is 0.166. The zero-order valence-electron chi connectivity index (χ0n) is 18.9. The van der Waals surface area contributed by atoms with Crippen LogP contribution in [0.3, 0.4) is 0 Å². The molecule has 0 aliphatic carbocycles. The highest BCUT2D eigenvalue weighted by atomic mass is 127. The van der Waals surface area contributed by atoms with E-state index in [1.54, 1.807) is 13.1 Å². The molecule has 33 heavy (non-hydrogen) atoms. The first kappa shape index (κ1) is 25.4. The average molecular weight is 567 g/mol. The molecule has 0 spiro atoms. The summed E-state index contributed by atoms with van der Waals surface area (Å²) in [6, 6.07) is 12.9. The van der Waals surface area contributed by atoms with E-state index in [0.29, 0.717) is 12.6 Å². The van der Waals surface area contributed by atoms with Crippen molar-refractivity contribution >= 4 is 40.8 Å². The molecule has 3 N–H and O–H groups in total. The highest BCUT2D eigenvalue weighted by Crippen LogP contribution is 2.19. The second-order valence-electron chi connectivity index (χ2n) is 8.41. The van der Waals surface area contributed by atoms with Crippen LogP contribution in [0.1, 0.15) is 30.4 Å². The molecular formula is C25H32F2IN5. The number of aromatic nitrogens is 1. The number of aryl methyl sites for hydroxylation is 1. The number of nitrogens with zero attached hydrogens (tertiary/aromatic N) is 2. The second-order valence-corrected chi connectivity index (χ2v) is 8.41. The van der Waals surface area contributed by atoms with Gasteiger partial charge in [-0.15, -0.1) is 24.0 Å². The fourth-order valence-electron chi connectivity index (χ4n) is 4.34. The molecule has 3 aromatic rings. The van der Waals surface area contributed by atoms with E-state index < -0.39 is 11.6 Å². The van der Waals surface area contributed by atoms with Crippen molar-refractivity contribution < 1.29 is 8.78 Å². The van der Waals surface area contributed by atoms with E-state index in [4.69, 9.17) is 0 Å². The molecular weight excluding hydrogens is 535 g/mol. The van der Waals surface area contributed by atoms with Crippen molar-refractivity contribution in [3.63, 3.8) is 0 Å². The van der Waals surface area contributed by atoms with Crippen LogP contribution in [-0.2, 0) is 13.0 Å². The first-order valence-corrected chi connectivity index (χ1v) is 11.3. The van der Waals surface area contributed by atoms with E-state index in [-0.39, 0.29) is 24.0 Å². The fourth-order valence-corrected chi connectivity index (χ4v) is 4.34. The van der Waals surface area contributed by atoms with Crippen LogP contribution in [0.2, 0.25) is 0 Å². The van der Waals surface area contributed by atoms with E-state index in [2.05, 4.69) is 49.9 Å². The van der Waals surface area contributed by atoms with Crippen LogP contribution >= 0.6 is 24.0 Å². The zero-order valence-corrected chi connectivity index (χ0v) is 21.2. The molecule has 0 bridgehead atoms. The summed E-state index contributed by atoms with van der Waals surface area (Å²) in [5.74, 6) is -0.737. The lowest BCUT2D eigenvalue weighted by molar-refractivity contribution is 0.198. The molecule has 5 nitrogen and oxygen atoms in total. The van der Waals surface area contributed by atoms with Crippen molar-refractivity contribution in [3.8, 4) is 0 Å². The Kier molecular flexibility index (Phi) is 9.49. The first-order valence-electron chi connectivity index (χ1n) is 11.3. The molecule has 0 radical (unpaired) electrons. The van der Waals surface area contributed by atoms with E-state index in [1.165, 1.54) is 28.6 Å². The standard InChI is InChI=1S/C25H31F2N5.HI/c1-28-25(29-12-4-5-19-16-30-24-7-3-2-6-21(19)24)31-20-10-13-32(14-11-20)17-18-8-9-22(26)23(27)15-18;/h2-3,6-9,15-16,20,30H,4-5,10-14,17H2,1H3,(H2,28,29,31);1H. The van der Waals surface area contributed by atoms with Crippen LogP contribution in [0.5, 0.6) is 0 Å². The number of piperidine rings is 1. The number of guanidine groups is 1. The third-order valence-electron chi connectivity index (χ3n) is 6.13. The Balaban J connectivity index is 0.00000306. The zero-order chi connectivity index (χ0) is 22.3. The Labute approximate surface area is 211 Å². The van der Waals surface area contributed by atoms with Gasteiger partial charge in [-0.2, -0.15) is 0 Å². The van der Waals surface area contributed by atoms with Gasteiger partial charge in [-0.3, -0.25) is 9.89 Å². The van der Waals surface area contributed by atoms with E-state index >= 15 is 0 Å². The summed E-state index contributed by atoms with van der Waals surface area (Å²) in [5, 5.41) is 8.25. The van der Waals surface area contributed by atoms with Gasteiger partial charge in [-0.05, 0) is 55.0 Å². The van der Waals surface area contributed by atoms with Gasteiger partial charge in [0.05, 0.1) is 0 Å². The Morgan fingerprint density at radius 2 is 1.91 bits per heavy atom. The van der Waals surface area contributed by atoms with Gasteiger partial charge in [0.2, 0.25) is 0 Å². The van der Waals surface area contributed by atoms with Crippen molar-refractivity contribution in [1.82, 2.24) is 20.5 Å². The second kappa shape index (κ2) is 12.3. The lowest BCUT2D eigenvalue weighted by Crippen LogP contribution is -2.48. The topological polar surface area (TPSA) is 55.5 Å². The molecule has 1 fully saturated rings. The highest BCUT2D eigenvalue weighted by Gasteiger charge is 2.20. The molecule has 1 aromatic heterocycles. The van der Waals surface area contributed by atoms with Gasteiger partial charge in [0.15, 0.2) is 17.6 Å². The van der Waals surface area contributed by atoms with Gasteiger partial charge in [0, 0.05) is 56.4 Å². The maximum Gasteiger partial charge on any atom is 0.191 e. The van der Waals surface area contributed by atoms with Crippen LogP contribution in [0.25, 0.3) is 10.9 Å². The lowest BCUT2D eigenvalue weighted by atomic mass is 10.0. The molecule has 2 heterocycles. The minimum Gasteiger partial charge on any atom is -0.361 e. The summed E-state index contributed by atoms with van der Waals surface area (Å²) in [5.41, 5.74) is 3.34. The Hall–Kier alpha value is -2.20. The summed E-state index contributed by atoms with van der Waals surface area (Å²) >= 11 is 0. The molecule has 1 aliphatic heterocycles. The predicted molar refractivity (Wildman–Crippen MR) is 141 cm³/mol. The molecule has 0 atom stereocenters. The van der Waals surface area contributed by atoms with Gasteiger partial charge in [-0.25, -0.2) is 8.78 Å². The Morgan fingerprint density at radius 3 is 2.67 bits per heavy atom. The number of rotatable bonds is 7. The van der Waals surface area contributed by atoms with Gasteiger partial charge in [0.1, 0.15) is 0 Å². The molecule has 8 heteroatoms. The number of likely N-dealkylation sites (tertiary alicyclic amines) is 1. The van der Waals surface area contributed by atoms with Crippen molar-refractivity contribution in [2.45, 2.75) is 38.3 Å². The van der Waals surface area contributed by atoms with Crippen LogP contribution in [-0.4, -0.2) is 48.6 Å². The minimum atomic E-state index is -0.794. The maximum absolute atomic E-state index is 13.4. The van der Waals surface area contributed by atoms with E-state index in [0.717, 1.165) is 56.8 Å².